The van der Waals surface area contributed by atoms with Crippen molar-refractivity contribution in [2.24, 2.45) is 0 Å². The number of hydrogen-bond donors (Lipinski definition) is 0. The Labute approximate surface area is 167 Å². The molecule has 10 nitrogen and oxygen atoms in total. The van der Waals surface area contributed by atoms with E-state index in [0.717, 1.165) is 24.3 Å². The van der Waals surface area contributed by atoms with Crippen LogP contribution in [0.25, 0.3) is 11.5 Å². The summed E-state index contributed by atoms with van der Waals surface area (Å²) in [6.45, 7) is -0.407. The zero-order chi connectivity index (χ0) is 21.9. The Bertz CT molecular complexity index is 1180. The maximum absolute atomic E-state index is 12.5. The molecule has 1 aromatic heterocycles. The zero-order valence-electron chi connectivity index (χ0n) is 14.8. The minimum absolute atomic E-state index is 0.0532. The lowest BCUT2D eigenvalue weighted by Gasteiger charge is -2.05. The highest BCUT2D eigenvalue weighted by atomic mass is 32.2. The fraction of sp³-hybridized carbons (Fsp3) is 0.118. The standard InChI is InChI=1S/C17H11F2N3O7S/c18-17(19)30(26,27)13-7-3-11(4-8-13)16(23)28-9-14-20-21-15(29-14)10-1-5-12(6-2-10)22(24)25/h1-8,17H,9H2. The second kappa shape index (κ2) is 8.32. The number of esters is 1. The van der Waals surface area contributed by atoms with Crippen LogP contribution in [0, 0.1) is 10.1 Å². The molecule has 156 valence electrons. The first-order valence-corrected chi connectivity index (χ1v) is 9.59. The number of non-ortho nitro benzene ring substituents is 1. The molecule has 0 aliphatic rings. The maximum atomic E-state index is 12.5. The Kier molecular flexibility index (Phi) is 5.82. The summed E-state index contributed by atoms with van der Waals surface area (Å²) < 4.78 is 58.0. The van der Waals surface area contributed by atoms with Gasteiger partial charge in [0.1, 0.15) is 0 Å². The third-order valence-electron chi connectivity index (χ3n) is 3.77. The summed E-state index contributed by atoms with van der Waals surface area (Å²) in [5, 5.41) is 18.1. The van der Waals surface area contributed by atoms with Crippen LogP contribution in [-0.2, 0) is 21.2 Å². The number of halogens is 2. The lowest BCUT2D eigenvalue weighted by molar-refractivity contribution is -0.384. The molecule has 3 aromatic rings. The van der Waals surface area contributed by atoms with Crippen molar-refractivity contribution < 1.29 is 36.1 Å². The van der Waals surface area contributed by atoms with Crippen LogP contribution in [0.4, 0.5) is 14.5 Å². The van der Waals surface area contributed by atoms with E-state index in [1.54, 1.807) is 0 Å². The first-order valence-electron chi connectivity index (χ1n) is 8.05. The maximum Gasteiger partial charge on any atom is 0.341 e. The number of ether oxygens (including phenoxy) is 1. The summed E-state index contributed by atoms with van der Waals surface area (Å²) in [5.74, 6) is -4.45. The molecule has 0 saturated carbocycles. The summed E-state index contributed by atoms with van der Waals surface area (Å²) in [4.78, 5) is 21.5. The number of rotatable bonds is 7. The number of aromatic nitrogens is 2. The number of nitro groups is 1. The first kappa shape index (κ1) is 21.0. The highest BCUT2D eigenvalue weighted by Crippen LogP contribution is 2.22. The summed E-state index contributed by atoms with van der Waals surface area (Å²) in [7, 11) is -4.76. The van der Waals surface area contributed by atoms with Crippen LogP contribution >= 0.6 is 0 Å². The largest absolute Gasteiger partial charge is 0.452 e. The number of hydrogen-bond acceptors (Lipinski definition) is 9. The molecular weight excluding hydrogens is 428 g/mol. The molecule has 0 bridgehead atoms. The third kappa shape index (κ3) is 4.46. The van der Waals surface area contributed by atoms with Gasteiger partial charge in [-0.25, -0.2) is 13.2 Å². The van der Waals surface area contributed by atoms with Crippen molar-refractivity contribution in [2.45, 2.75) is 17.3 Å². The van der Waals surface area contributed by atoms with Gasteiger partial charge in [0.2, 0.25) is 15.7 Å². The van der Waals surface area contributed by atoms with Gasteiger partial charge in [-0.2, -0.15) is 8.78 Å². The average molecular weight is 439 g/mol. The van der Waals surface area contributed by atoms with Gasteiger partial charge in [-0.05, 0) is 36.4 Å². The molecule has 0 amide bonds. The van der Waals surface area contributed by atoms with Crippen molar-refractivity contribution >= 4 is 21.5 Å². The number of alkyl halides is 2. The number of benzene rings is 2. The average Bonchev–Trinajstić information content (AvgIpc) is 3.21. The van der Waals surface area contributed by atoms with Gasteiger partial charge in [0.25, 0.3) is 11.6 Å². The number of nitrogens with zero attached hydrogens (tertiary/aromatic N) is 3. The van der Waals surface area contributed by atoms with Crippen LogP contribution < -0.4 is 0 Å². The molecule has 0 atom stereocenters. The van der Waals surface area contributed by atoms with Crippen LogP contribution in [0.2, 0.25) is 0 Å². The second-order valence-corrected chi connectivity index (χ2v) is 7.63. The topological polar surface area (TPSA) is 142 Å². The summed E-state index contributed by atoms with van der Waals surface area (Å²) in [6, 6.07) is 9.16. The molecular formula is C17H11F2N3O7S. The Morgan fingerprint density at radius 3 is 2.30 bits per heavy atom. The van der Waals surface area contributed by atoms with Crippen LogP contribution in [-0.4, -0.2) is 35.3 Å². The van der Waals surface area contributed by atoms with Gasteiger partial charge in [0.05, 0.1) is 15.4 Å². The second-order valence-electron chi connectivity index (χ2n) is 5.71. The fourth-order valence-corrected chi connectivity index (χ4v) is 2.97. The molecule has 2 aromatic carbocycles. The van der Waals surface area contributed by atoms with Crippen molar-refractivity contribution in [2.75, 3.05) is 0 Å². The van der Waals surface area contributed by atoms with Gasteiger partial charge in [-0.1, -0.05) is 0 Å². The van der Waals surface area contributed by atoms with Gasteiger partial charge >= 0.3 is 11.7 Å². The van der Waals surface area contributed by atoms with Gasteiger partial charge < -0.3 is 9.15 Å². The predicted molar refractivity (Wildman–Crippen MR) is 95.1 cm³/mol. The molecule has 30 heavy (non-hydrogen) atoms. The number of carbonyl (C=O) groups is 1. The summed E-state index contributed by atoms with van der Waals surface area (Å²) >= 11 is 0. The van der Waals surface area contributed by atoms with Crippen molar-refractivity contribution in [3.63, 3.8) is 0 Å². The Morgan fingerprint density at radius 1 is 1.10 bits per heavy atom. The number of carbonyl (C=O) groups excluding carboxylic acids is 1. The van der Waals surface area contributed by atoms with Gasteiger partial charge in [0.15, 0.2) is 6.61 Å². The van der Waals surface area contributed by atoms with Gasteiger partial charge in [-0.15, -0.1) is 10.2 Å². The Balaban J connectivity index is 1.63. The molecule has 0 N–H and O–H groups in total. The monoisotopic (exact) mass is 439 g/mol. The van der Waals surface area contributed by atoms with Crippen LogP contribution in [0.1, 0.15) is 16.2 Å². The van der Waals surface area contributed by atoms with Crippen molar-refractivity contribution in [3.05, 3.63) is 70.1 Å². The molecule has 0 radical (unpaired) electrons. The molecule has 13 heteroatoms. The summed E-state index contributed by atoms with van der Waals surface area (Å²) in [6.07, 6.45) is 0. The zero-order valence-corrected chi connectivity index (χ0v) is 15.6. The van der Waals surface area contributed by atoms with Gasteiger partial charge in [0, 0.05) is 17.7 Å². The van der Waals surface area contributed by atoms with Crippen molar-refractivity contribution in [3.8, 4) is 11.5 Å². The number of nitro benzene ring substituents is 1. The first-order chi connectivity index (χ1) is 14.2. The van der Waals surface area contributed by atoms with E-state index >= 15 is 0 Å². The van der Waals surface area contributed by atoms with Crippen LogP contribution in [0.3, 0.4) is 0 Å². The van der Waals surface area contributed by atoms with Crippen molar-refractivity contribution in [1.29, 1.82) is 0 Å². The predicted octanol–water partition coefficient (Wildman–Crippen LogP) is 3.00. The molecule has 1 heterocycles. The van der Waals surface area contributed by atoms with Crippen molar-refractivity contribution in [1.82, 2.24) is 10.2 Å². The highest BCUT2D eigenvalue weighted by Gasteiger charge is 2.26. The normalized spacial score (nSPS) is 11.4. The molecule has 0 fully saturated rings. The molecule has 3 rings (SSSR count). The molecule has 0 unspecified atom stereocenters. The van der Waals surface area contributed by atoms with E-state index in [-0.39, 0.29) is 23.0 Å². The van der Waals surface area contributed by atoms with Crippen LogP contribution in [0.15, 0.2) is 57.8 Å². The smallest absolute Gasteiger partial charge is 0.341 e. The van der Waals surface area contributed by atoms with E-state index in [4.69, 9.17) is 9.15 Å². The van der Waals surface area contributed by atoms with Crippen LogP contribution in [0.5, 0.6) is 0 Å². The van der Waals surface area contributed by atoms with E-state index in [9.17, 15) is 32.1 Å². The minimum atomic E-state index is -4.76. The molecule has 0 spiro atoms. The van der Waals surface area contributed by atoms with E-state index in [2.05, 4.69) is 10.2 Å². The fourth-order valence-electron chi connectivity index (χ4n) is 2.25. The Hall–Kier alpha value is -3.74. The molecule has 0 aliphatic carbocycles. The van der Waals surface area contributed by atoms with E-state index in [0.29, 0.717) is 5.56 Å². The molecule has 0 saturated heterocycles. The van der Waals surface area contributed by atoms with E-state index < -0.39 is 38.0 Å². The third-order valence-corrected chi connectivity index (χ3v) is 5.17. The minimum Gasteiger partial charge on any atom is -0.452 e. The quantitative estimate of drug-likeness (QED) is 0.308. The van der Waals surface area contributed by atoms with Gasteiger partial charge in [-0.3, -0.25) is 10.1 Å². The number of sulfone groups is 1. The highest BCUT2D eigenvalue weighted by molar-refractivity contribution is 7.91. The summed E-state index contributed by atoms with van der Waals surface area (Å²) in [5.41, 5.74) is 0.236. The Morgan fingerprint density at radius 2 is 1.73 bits per heavy atom. The lowest BCUT2D eigenvalue weighted by Crippen LogP contribution is -2.12. The molecule has 0 aliphatic heterocycles. The SMILES string of the molecule is O=C(OCc1nnc(-c2ccc([N+](=O)[O-])cc2)o1)c1ccc(S(=O)(=O)C(F)F)cc1. The lowest BCUT2D eigenvalue weighted by atomic mass is 10.2. The van der Waals surface area contributed by atoms with E-state index in [1.165, 1.54) is 24.3 Å². The van der Waals surface area contributed by atoms with E-state index in [1.807, 2.05) is 0 Å².